The predicted octanol–water partition coefficient (Wildman–Crippen LogP) is 3.90. The Hall–Kier alpha value is -1.87. The van der Waals surface area contributed by atoms with Gasteiger partial charge in [0.05, 0.1) is 0 Å². The Balaban J connectivity index is 2.26. The van der Waals surface area contributed by atoms with Gasteiger partial charge >= 0.3 is 0 Å². The molecule has 1 atom stereocenters. The highest BCUT2D eigenvalue weighted by Gasteiger charge is 2.09. The Morgan fingerprint density at radius 3 is 2.39 bits per heavy atom. The molecule has 0 amide bonds. The average molecular weight is 245 g/mol. The van der Waals surface area contributed by atoms with E-state index in [0.29, 0.717) is 5.75 Å². The lowest BCUT2D eigenvalue weighted by atomic mass is 10.1. The number of nitrogens with one attached hydrogen (secondary N) is 1. The predicted molar refractivity (Wildman–Crippen MR) is 70.4 cm³/mol. The highest BCUT2D eigenvalue weighted by atomic mass is 19.1. The van der Waals surface area contributed by atoms with Crippen molar-refractivity contribution in [3.8, 4) is 11.5 Å². The summed E-state index contributed by atoms with van der Waals surface area (Å²) < 4.78 is 18.6. The Bertz CT molecular complexity index is 510. The maximum absolute atomic E-state index is 12.8. The van der Waals surface area contributed by atoms with Crippen LogP contribution < -0.4 is 10.1 Å². The van der Waals surface area contributed by atoms with E-state index < -0.39 is 0 Å². The van der Waals surface area contributed by atoms with E-state index >= 15 is 0 Å². The minimum atomic E-state index is -0.265. The Kier molecular flexibility index (Phi) is 3.95. The van der Waals surface area contributed by atoms with Crippen molar-refractivity contribution >= 4 is 0 Å². The third kappa shape index (κ3) is 2.87. The summed E-state index contributed by atoms with van der Waals surface area (Å²) >= 11 is 0. The molecule has 0 radical (unpaired) electrons. The molecule has 0 aliphatic rings. The van der Waals surface area contributed by atoms with E-state index in [9.17, 15) is 4.39 Å². The summed E-state index contributed by atoms with van der Waals surface area (Å²) in [5, 5.41) is 3.18. The van der Waals surface area contributed by atoms with E-state index in [2.05, 4.69) is 12.2 Å². The molecule has 2 rings (SSSR count). The molecule has 1 unspecified atom stereocenters. The van der Waals surface area contributed by atoms with Crippen LogP contribution in [0.4, 0.5) is 4.39 Å². The Morgan fingerprint density at radius 1 is 1.06 bits per heavy atom. The van der Waals surface area contributed by atoms with Crippen molar-refractivity contribution < 1.29 is 9.13 Å². The zero-order valence-electron chi connectivity index (χ0n) is 10.5. The van der Waals surface area contributed by atoms with Crippen LogP contribution in [-0.2, 0) is 0 Å². The van der Waals surface area contributed by atoms with Gasteiger partial charge in [0.15, 0.2) is 0 Å². The first-order valence-electron chi connectivity index (χ1n) is 5.90. The fraction of sp³-hybridized carbons (Fsp3) is 0.200. The summed E-state index contributed by atoms with van der Waals surface area (Å²) in [7, 11) is 1.90. The molecule has 0 bridgehead atoms. The van der Waals surface area contributed by atoms with Gasteiger partial charge < -0.3 is 10.1 Å². The van der Waals surface area contributed by atoms with Crippen molar-refractivity contribution in [2.75, 3.05) is 7.05 Å². The second kappa shape index (κ2) is 5.65. The van der Waals surface area contributed by atoms with Crippen molar-refractivity contribution in [1.29, 1.82) is 0 Å². The van der Waals surface area contributed by atoms with Crippen molar-refractivity contribution in [2.24, 2.45) is 0 Å². The van der Waals surface area contributed by atoms with Crippen LogP contribution in [0, 0.1) is 5.82 Å². The molecule has 2 nitrogen and oxygen atoms in total. The molecule has 0 aliphatic heterocycles. The summed E-state index contributed by atoms with van der Waals surface area (Å²) in [6, 6.07) is 14.0. The normalized spacial score (nSPS) is 12.2. The first-order chi connectivity index (χ1) is 8.70. The van der Waals surface area contributed by atoms with Gasteiger partial charge in [0, 0.05) is 11.6 Å². The molecular formula is C15H16FNO. The van der Waals surface area contributed by atoms with Crippen LogP contribution in [0.15, 0.2) is 48.5 Å². The van der Waals surface area contributed by atoms with E-state index in [1.165, 1.54) is 12.1 Å². The van der Waals surface area contributed by atoms with E-state index in [1.54, 1.807) is 12.1 Å². The van der Waals surface area contributed by atoms with Gasteiger partial charge in [-0.1, -0.05) is 18.2 Å². The number of para-hydroxylation sites is 1. The van der Waals surface area contributed by atoms with Gasteiger partial charge in [-0.05, 0) is 44.3 Å². The molecule has 0 fully saturated rings. The number of halogens is 1. The lowest BCUT2D eigenvalue weighted by Gasteiger charge is -2.16. The zero-order valence-corrected chi connectivity index (χ0v) is 10.5. The van der Waals surface area contributed by atoms with Gasteiger partial charge in [0.2, 0.25) is 0 Å². The highest BCUT2D eigenvalue weighted by Crippen LogP contribution is 2.29. The summed E-state index contributed by atoms with van der Waals surface area (Å²) in [6.45, 7) is 2.06. The van der Waals surface area contributed by atoms with Crippen molar-refractivity contribution in [1.82, 2.24) is 5.32 Å². The molecule has 3 heteroatoms. The third-order valence-corrected chi connectivity index (χ3v) is 2.86. The zero-order chi connectivity index (χ0) is 13.0. The maximum atomic E-state index is 12.8. The van der Waals surface area contributed by atoms with Crippen molar-refractivity contribution in [3.05, 3.63) is 59.9 Å². The van der Waals surface area contributed by atoms with Gasteiger partial charge in [-0.25, -0.2) is 4.39 Å². The smallest absolute Gasteiger partial charge is 0.132 e. The molecular weight excluding hydrogens is 229 g/mol. The SMILES string of the molecule is CNC(C)c1ccccc1Oc1ccc(F)cc1. The molecule has 94 valence electrons. The number of ether oxygens (including phenoxy) is 1. The van der Waals surface area contributed by atoms with E-state index in [0.717, 1.165) is 11.3 Å². The minimum Gasteiger partial charge on any atom is -0.457 e. The topological polar surface area (TPSA) is 21.3 Å². The quantitative estimate of drug-likeness (QED) is 0.882. The molecule has 0 heterocycles. The second-order valence-electron chi connectivity index (χ2n) is 4.10. The maximum Gasteiger partial charge on any atom is 0.132 e. The van der Waals surface area contributed by atoms with Crippen molar-refractivity contribution in [3.63, 3.8) is 0 Å². The van der Waals surface area contributed by atoms with Gasteiger partial charge in [-0.15, -0.1) is 0 Å². The summed E-state index contributed by atoms with van der Waals surface area (Å²) in [5.74, 6) is 1.15. The summed E-state index contributed by atoms with van der Waals surface area (Å²) in [6.07, 6.45) is 0. The van der Waals surface area contributed by atoms with Crippen LogP contribution in [0.3, 0.4) is 0 Å². The summed E-state index contributed by atoms with van der Waals surface area (Å²) in [4.78, 5) is 0. The molecule has 2 aromatic carbocycles. The molecule has 0 aliphatic carbocycles. The van der Waals surface area contributed by atoms with Crippen LogP contribution in [-0.4, -0.2) is 7.05 Å². The molecule has 18 heavy (non-hydrogen) atoms. The largest absolute Gasteiger partial charge is 0.457 e. The van der Waals surface area contributed by atoms with E-state index in [-0.39, 0.29) is 11.9 Å². The first kappa shape index (κ1) is 12.6. The van der Waals surface area contributed by atoms with Crippen LogP contribution in [0.1, 0.15) is 18.5 Å². The standard InChI is InChI=1S/C15H16FNO/c1-11(17-2)14-5-3-4-6-15(14)18-13-9-7-12(16)8-10-13/h3-11,17H,1-2H3. The van der Waals surface area contributed by atoms with Crippen LogP contribution in [0.2, 0.25) is 0 Å². The first-order valence-corrected chi connectivity index (χ1v) is 5.90. The van der Waals surface area contributed by atoms with Crippen LogP contribution >= 0.6 is 0 Å². The average Bonchev–Trinajstić information content (AvgIpc) is 2.41. The van der Waals surface area contributed by atoms with Gasteiger partial charge in [0.25, 0.3) is 0 Å². The van der Waals surface area contributed by atoms with Crippen LogP contribution in [0.25, 0.3) is 0 Å². The number of rotatable bonds is 4. The Morgan fingerprint density at radius 2 is 1.72 bits per heavy atom. The molecule has 0 spiro atoms. The van der Waals surface area contributed by atoms with E-state index in [1.807, 2.05) is 31.3 Å². The molecule has 2 aromatic rings. The molecule has 0 aromatic heterocycles. The number of hydrogen-bond acceptors (Lipinski definition) is 2. The molecule has 0 saturated heterocycles. The Labute approximate surface area is 106 Å². The molecule has 1 N–H and O–H groups in total. The highest BCUT2D eigenvalue weighted by molar-refractivity contribution is 5.39. The fourth-order valence-corrected chi connectivity index (χ4v) is 1.72. The van der Waals surface area contributed by atoms with Crippen LogP contribution in [0.5, 0.6) is 11.5 Å². The minimum absolute atomic E-state index is 0.196. The lowest BCUT2D eigenvalue weighted by molar-refractivity contribution is 0.464. The van der Waals surface area contributed by atoms with Gasteiger partial charge in [0.1, 0.15) is 17.3 Å². The number of benzene rings is 2. The third-order valence-electron chi connectivity index (χ3n) is 2.86. The second-order valence-corrected chi connectivity index (χ2v) is 4.10. The monoisotopic (exact) mass is 245 g/mol. The molecule has 0 saturated carbocycles. The van der Waals surface area contributed by atoms with Crippen molar-refractivity contribution in [2.45, 2.75) is 13.0 Å². The van der Waals surface area contributed by atoms with Gasteiger partial charge in [-0.3, -0.25) is 0 Å². The lowest BCUT2D eigenvalue weighted by Crippen LogP contribution is -2.13. The summed E-state index contributed by atoms with van der Waals surface area (Å²) in [5.41, 5.74) is 1.07. The fourth-order valence-electron chi connectivity index (χ4n) is 1.72. The van der Waals surface area contributed by atoms with Gasteiger partial charge in [-0.2, -0.15) is 0 Å². The van der Waals surface area contributed by atoms with E-state index in [4.69, 9.17) is 4.74 Å². The number of hydrogen-bond donors (Lipinski definition) is 1.